The lowest BCUT2D eigenvalue weighted by Gasteiger charge is -2.17. The Morgan fingerprint density at radius 2 is 1.87 bits per heavy atom. The predicted octanol–water partition coefficient (Wildman–Crippen LogP) is 4.06. The van der Waals surface area contributed by atoms with Gasteiger partial charge in [0.15, 0.2) is 0 Å². The molecular weight excluding hydrogens is 431 g/mol. The van der Waals surface area contributed by atoms with Crippen LogP contribution >= 0.6 is 31.9 Å². The van der Waals surface area contributed by atoms with E-state index in [4.69, 9.17) is 0 Å². The summed E-state index contributed by atoms with van der Waals surface area (Å²) < 4.78 is 15.1. The van der Waals surface area contributed by atoms with Gasteiger partial charge in [-0.15, -0.1) is 0 Å². The van der Waals surface area contributed by atoms with E-state index < -0.39 is 11.7 Å². The number of rotatable bonds is 4. The van der Waals surface area contributed by atoms with Gasteiger partial charge in [0.1, 0.15) is 5.82 Å². The third-order valence-corrected chi connectivity index (χ3v) is 4.22. The van der Waals surface area contributed by atoms with Gasteiger partial charge in [-0.1, -0.05) is 28.1 Å². The molecule has 23 heavy (non-hydrogen) atoms. The quantitative estimate of drug-likeness (QED) is 0.774. The molecule has 0 unspecified atom stereocenters. The number of halogens is 3. The lowest BCUT2D eigenvalue weighted by molar-refractivity contribution is -0.116. The molecule has 0 aliphatic carbocycles. The van der Waals surface area contributed by atoms with Gasteiger partial charge in [-0.3, -0.25) is 9.59 Å². The lowest BCUT2D eigenvalue weighted by atomic mass is 10.2. The van der Waals surface area contributed by atoms with Crippen LogP contribution in [0.3, 0.4) is 0 Å². The summed E-state index contributed by atoms with van der Waals surface area (Å²) >= 11 is 6.52. The molecule has 0 heterocycles. The summed E-state index contributed by atoms with van der Waals surface area (Å²) in [4.78, 5) is 25.4. The Balaban J connectivity index is 2.05. The molecule has 0 atom stereocenters. The Kier molecular flexibility index (Phi) is 5.90. The summed E-state index contributed by atoms with van der Waals surface area (Å²) in [6.45, 7) is -0.188. The second-order valence-electron chi connectivity index (χ2n) is 4.81. The van der Waals surface area contributed by atoms with E-state index >= 15 is 0 Å². The van der Waals surface area contributed by atoms with Gasteiger partial charge in [-0.05, 0) is 46.3 Å². The molecule has 0 saturated carbocycles. The molecule has 2 amide bonds. The first-order valence-corrected chi connectivity index (χ1v) is 8.22. The second-order valence-corrected chi connectivity index (χ2v) is 6.58. The smallest absolute Gasteiger partial charge is 0.257 e. The summed E-state index contributed by atoms with van der Waals surface area (Å²) in [5.41, 5.74) is 0.516. The van der Waals surface area contributed by atoms with Crippen molar-refractivity contribution in [1.82, 2.24) is 4.90 Å². The summed E-state index contributed by atoms with van der Waals surface area (Å²) in [6.07, 6.45) is 0. The highest BCUT2D eigenvalue weighted by atomic mass is 79.9. The van der Waals surface area contributed by atoms with Crippen molar-refractivity contribution in [3.8, 4) is 0 Å². The molecule has 4 nitrogen and oxygen atoms in total. The minimum absolute atomic E-state index is 0.0874. The topological polar surface area (TPSA) is 49.4 Å². The third kappa shape index (κ3) is 4.62. The molecule has 2 aromatic carbocycles. The summed E-state index contributed by atoms with van der Waals surface area (Å²) in [5.74, 6) is -1.56. The molecule has 0 bridgehead atoms. The van der Waals surface area contributed by atoms with Gasteiger partial charge in [0, 0.05) is 16.0 Å². The summed E-state index contributed by atoms with van der Waals surface area (Å²) in [6, 6.07) is 11.2. The maximum atomic E-state index is 13.7. The predicted molar refractivity (Wildman–Crippen MR) is 93.8 cm³/mol. The van der Waals surface area contributed by atoms with Gasteiger partial charge in [0.05, 0.1) is 17.8 Å². The summed E-state index contributed by atoms with van der Waals surface area (Å²) in [5, 5.41) is 2.69. The van der Waals surface area contributed by atoms with Crippen molar-refractivity contribution in [2.24, 2.45) is 0 Å². The summed E-state index contributed by atoms with van der Waals surface area (Å²) in [7, 11) is 1.45. The van der Waals surface area contributed by atoms with E-state index in [1.165, 1.54) is 25.2 Å². The number of benzene rings is 2. The van der Waals surface area contributed by atoms with Gasteiger partial charge in [-0.25, -0.2) is 4.39 Å². The van der Waals surface area contributed by atoms with Crippen LogP contribution in [0.15, 0.2) is 51.4 Å². The number of nitrogens with one attached hydrogen (secondary N) is 1. The van der Waals surface area contributed by atoms with Crippen molar-refractivity contribution >= 4 is 49.4 Å². The Bertz CT molecular complexity index is 753. The molecule has 0 aliphatic heterocycles. The second kappa shape index (κ2) is 7.70. The van der Waals surface area contributed by atoms with Gasteiger partial charge in [0.2, 0.25) is 5.91 Å². The Morgan fingerprint density at radius 1 is 1.17 bits per heavy atom. The van der Waals surface area contributed by atoms with Gasteiger partial charge in [0.25, 0.3) is 5.91 Å². The fourth-order valence-corrected chi connectivity index (χ4v) is 2.65. The van der Waals surface area contributed by atoms with Gasteiger partial charge < -0.3 is 10.2 Å². The molecule has 2 aromatic rings. The molecule has 120 valence electrons. The van der Waals surface area contributed by atoms with Crippen LogP contribution in [0.2, 0.25) is 0 Å². The van der Waals surface area contributed by atoms with Crippen molar-refractivity contribution in [2.45, 2.75) is 0 Å². The monoisotopic (exact) mass is 442 g/mol. The van der Waals surface area contributed by atoms with Crippen LogP contribution in [0.25, 0.3) is 0 Å². The van der Waals surface area contributed by atoms with Crippen molar-refractivity contribution < 1.29 is 14.0 Å². The molecule has 2 rings (SSSR count). The number of hydrogen-bond donors (Lipinski definition) is 1. The first-order chi connectivity index (χ1) is 10.9. The number of hydrogen-bond acceptors (Lipinski definition) is 2. The number of nitrogens with zero attached hydrogens (tertiary/aromatic N) is 1. The fraction of sp³-hybridized carbons (Fsp3) is 0.125. The zero-order valence-corrected chi connectivity index (χ0v) is 15.3. The number of para-hydroxylation sites is 1. The van der Waals surface area contributed by atoms with Gasteiger partial charge >= 0.3 is 0 Å². The number of anilines is 1. The van der Waals surface area contributed by atoms with Crippen molar-refractivity contribution in [3.63, 3.8) is 0 Å². The average Bonchev–Trinajstić information content (AvgIpc) is 2.51. The van der Waals surface area contributed by atoms with Crippen molar-refractivity contribution in [1.29, 1.82) is 0 Å². The van der Waals surface area contributed by atoms with Crippen LogP contribution in [-0.2, 0) is 4.79 Å². The molecule has 0 spiro atoms. The average molecular weight is 444 g/mol. The van der Waals surface area contributed by atoms with E-state index in [1.54, 1.807) is 18.2 Å². The Hall–Kier alpha value is -1.73. The number of likely N-dealkylation sites (N-methyl/N-ethyl adjacent to an activating group) is 1. The maximum absolute atomic E-state index is 13.7. The highest BCUT2D eigenvalue weighted by Gasteiger charge is 2.19. The first-order valence-electron chi connectivity index (χ1n) is 6.63. The van der Waals surface area contributed by atoms with E-state index in [9.17, 15) is 14.0 Å². The normalized spacial score (nSPS) is 10.3. The standard InChI is InChI=1S/C16H13Br2FN2O2/c1-21(16(23)11-8-10(17)6-7-13(11)19)9-15(22)20-14-5-3-2-4-12(14)18/h2-8H,9H2,1H3,(H,20,22). The largest absolute Gasteiger partial charge is 0.332 e. The SMILES string of the molecule is CN(CC(=O)Nc1ccccc1Br)C(=O)c1cc(Br)ccc1F. The molecule has 0 fully saturated rings. The lowest BCUT2D eigenvalue weighted by Crippen LogP contribution is -2.35. The fourth-order valence-electron chi connectivity index (χ4n) is 1.91. The number of amides is 2. The zero-order chi connectivity index (χ0) is 17.0. The van der Waals surface area contributed by atoms with Crippen LogP contribution in [0.1, 0.15) is 10.4 Å². The van der Waals surface area contributed by atoms with E-state index in [-0.39, 0.29) is 18.0 Å². The van der Waals surface area contributed by atoms with Crippen LogP contribution in [0.4, 0.5) is 10.1 Å². The molecule has 7 heteroatoms. The van der Waals surface area contributed by atoms with Crippen molar-refractivity contribution in [2.75, 3.05) is 18.9 Å². The highest BCUT2D eigenvalue weighted by Crippen LogP contribution is 2.21. The zero-order valence-electron chi connectivity index (χ0n) is 12.1. The first kappa shape index (κ1) is 17.6. The van der Waals surface area contributed by atoms with Gasteiger partial charge in [-0.2, -0.15) is 0 Å². The number of carbonyl (C=O) groups is 2. The van der Waals surface area contributed by atoms with Crippen LogP contribution < -0.4 is 5.32 Å². The Morgan fingerprint density at radius 3 is 2.57 bits per heavy atom. The molecule has 0 aromatic heterocycles. The van der Waals surface area contributed by atoms with Crippen LogP contribution in [-0.4, -0.2) is 30.3 Å². The molecule has 0 radical (unpaired) electrons. The number of carbonyl (C=O) groups excluding carboxylic acids is 2. The maximum Gasteiger partial charge on any atom is 0.257 e. The van der Waals surface area contributed by atoms with E-state index in [0.29, 0.717) is 10.2 Å². The van der Waals surface area contributed by atoms with E-state index in [1.807, 2.05) is 6.07 Å². The van der Waals surface area contributed by atoms with E-state index in [0.717, 1.165) is 9.37 Å². The Labute approximate surface area is 149 Å². The minimum Gasteiger partial charge on any atom is -0.332 e. The van der Waals surface area contributed by atoms with Crippen LogP contribution in [0.5, 0.6) is 0 Å². The van der Waals surface area contributed by atoms with Crippen LogP contribution in [0, 0.1) is 5.82 Å². The van der Waals surface area contributed by atoms with E-state index in [2.05, 4.69) is 37.2 Å². The molecular formula is C16H13Br2FN2O2. The molecule has 0 saturated heterocycles. The minimum atomic E-state index is -0.628. The third-order valence-electron chi connectivity index (χ3n) is 3.03. The molecule has 1 N–H and O–H groups in total. The highest BCUT2D eigenvalue weighted by molar-refractivity contribution is 9.10. The molecule has 0 aliphatic rings. The van der Waals surface area contributed by atoms with Crippen molar-refractivity contribution in [3.05, 3.63) is 62.8 Å².